The zero-order valence-corrected chi connectivity index (χ0v) is 15.1. The Morgan fingerprint density at radius 1 is 1.04 bits per heavy atom. The molecule has 1 aromatic heterocycles. The largest absolute Gasteiger partial charge is 0.477 e. The first-order valence-corrected chi connectivity index (χ1v) is 8.82. The number of halogens is 3. The van der Waals surface area contributed by atoms with Crippen LogP contribution >= 0.6 is 34.8 Å². The van der Waals surface area contributed by atoms with Crippen molar-refractivity contribution in [3.63, 3.8) is 0 Å². The number of carboxylic acid groups (broad SMARTS) is 1. The van der Waals surface area contributed by atoms with Crippen LogP contribution in [-0.4, -0.2) is 16.1 Å². The minimum atomic E-state index is -1.02. The van der Waals surface area contributed by atoms with Crippen molar-refractivity contribution in [2.75, 3.05) is 0 Å². The Labute approximate surface area is 159 Å². The van der Waals surface area contributed by atoms with Crippen molar-refractivity contribution in [1.29, 1.82) is 0 Å². The molecule has 25 heavy (non-hydrogen) atoms. The van der Waals surface area contributed by atoms with Gasteiger partial charge in [-0.3, -0.25) is 0 Å². The van der Waals surface area contributed by atoms with Gasteiger partial charge in [0, 0.05) is 11.1 Å². The number of aromatic carboxylic acids is 1. The number of rotatable bonds is 2. The second-order valence-electron chi connectivity index (χ2n) is 5.94. The molecule has 0 fully saturated rings. The number of aromatic amines is 1. The fourth-order valence-corrected chi connectivity index (χ4v) is 4.04. The SMILES string of the molecule is O=C(O)c1[nH]c2c(c1-c1cc(Cl)c(Cl)c(Cl)c1)CCc1ccccc1-2. The molecule has 0 radical (unpaired) electrons. The molecular weight excluding hydrogens is 381 g/mol. The Bertz CT molecular complexity index is 1000. The van der Waals surface area contributed by atoms with E-state index in [4.69, 9.17) is 34.8 Å². The van der Waals surface area contributed by atoms with E-state index in [2.05, 4.69) is 11.1 Å². The Morgan fingerprint density at radius 3 is 2.40 bits per heavy atom. The Morgan fingerprint density at radius 2 is 1.72 bits per heavy atom. The van der Waals surface area contributed by atoms with E-state index in [1.54, 1.807) is 12.1 Å². The fourth-order valence-electron chi connectivity index (χ4n) is 3.44. The maximum Gasteiger partial charge on any atom is 0.352 e. The highest BCUT2D eigenvalue weighted by Crippen LogP contribution is 2.43. The second kappa shape index (κ2) is 6.10. The molecule has 0 spiro atoms. The van der Waals surface area contributed by atoms with Crippen LogP contribution in [-0.2, 0) is 12.8 Å². The maximum absolute atomic E-state index is 11.8. The van der Waals surface area contributed by atoms with Gasteiger partial charge >= 0.3 is 5.97 Å². The predicted octanol–water partition coefficient (Wildman–Crippen LogP) is 6.11. The summed E-state index contributed by atoms with van der Waals surface area (Å²) in [7, 11) is 0. The van der Waals surface area contributed by atoms with E-state index >= 15 is 0 Å². The van der Waals surface area contributed by atoms with Crippen LogP contribution in [0.5, 0.6) is 0 Å². The number of carboxylic acids is 1. The van der Waals surface area contributed by atoms with Gasteiger partial charge in [0.1, 0.15) is 5.69 Å². The van der Waals surface area contributed by atoms with Gasteiger partial charge in [0.2, 0.25) is 0 Å². The number of benzene rings is 2. The molecule has 0 aliphatic heterocycles. The summed E-state index contributed by atoms with van der Waals surface area (Å²) in [4.78, 5) is 14.9. The van der Waals surface area contributed by atoms with Gasteiger partial charge in [0.05, 0.1) is 20.8 Å². The van der Waals surface area contributed by atoms with Gasteiger partial charge in [0.25, 0.3) is 0 Å². The van der Waals surface area contributed by atoms with Gasteiger partial charge in [-0.2, -0.15) is 0 Å². The van der Waals surface area contributed by atoms with Crippen LogP contribution in [0.25, 0.3) is 22.4 Å². The highest BCUT2D eigenvalue weighted by molar-refractivity contribution is 6.48. The minimum absolute atomic E-state index is 0.135. The molecule has 0 unspecified atom stereocenters. The Kier molecular flexibility index (Phi) is 4.03. The molecular formula is C19H12Cl3NO2. The number of fused-ring (bicyclic) bond motifs is 3. The van der Waals surface area contributed by atoms with Gasteiger partial charge in [-0.1, -0.05) is 59.1 Å². The average Bonchev–Trinajstić information content (AvgIpc) is 2.99. The molecule has 126 valence electrons. The normalized spacial score (nSPS) is 12.6. The van der Waals surface area contributed by atoms with E-state index in [0.717, 1.165) is 29.7 Å². The smallest absolute Gasteiger partial charge is 0.352 e. The molecule has 0 saturated carbocycles. The third-order valence-electron chi connectivity index (χ3n) is 4.52. The summed E-state index contributed by atoms with van der Waals surface area (Å²) >= 11 is 18.4. The summed E-state index contributed by atoms with van der Waals surface area (Å²) in [5.74, 6) is -1.02. The molecule has 0 atom stereocenters. The molecule has 2 N–H and O–H groups in total. The van der Waals surface area contributed by atoms with E-state index in [1.807, 2.05) is 18.2 Å². The van der Waals surface area contributed by atoms with Crippen molar-refractivity contribution in [2.45, 2.75) is 12.8 Å². The predicted molar refractivity (Wildman–Crippen MR) is 101 cm³/mol. The van der Waals surface area contributed by atoms with Crippen LogP contribution in [0.3, 0.4) is 0 Å². The van der Waals surface area contributed by atoms with E-state index in [-0.39, 0.29) is 10.7 Å². The number of hydrogen-bond donors (Lipinski definition) is 2. The lowest BCUT2D eigenvalue weighted by Gasteiger charge is -2.17. The molecule has 1 heterocycles. The van der Waals surface area contributed by atoms with Crippen LogP contribution in [0, 0.1) is 0 Å². The summed E-state index contributed by atoms with van der Waals surface area (Å²) in [5, 5.41) is 10.6. The summed E-state index contributed by atoms with van der Waals surface area (Å²) in [5.41, 5.74) is 5.44. The lowest BCUT2D eigenvalue weighted by atomic mass is 9.87. The van der Waals surface area contributed by atoms with Crippen molar-refractivity contribution < 1.29 is 9.90 Å². The monoisotopic (exact) mass is 391 g/mol. The quantitative estimate of drug-likeness (QED) is 0.517. The van der Waals surface area contributed by atoms with Crippen LogP contribution < -0.4 is 0 Å². The zero-order valence-electron chi connectivity index (χ0n) is 12.9. The molecule has 4 rings (SSSR count). The molecule has 1 aliphatic rings. The summed E-state index contributed by atoms with van der Waals surface area (Å²) in [6, 6.07) is 11.3. The van der Waals surface area contributed by atoms with Crippen molar-refractivity contribution >= 4 is 40.8 Å². The average molecular weight is 393 g/mol. The topological polar surface area (TPSA) is 53.1 Å². The molecule has 6 heteroatoms. The number of aryl methyl sites for hydroxylation is 1. The number of nitrogens with one attached hydrogen (secondary N) is 1. The first-order chi connectivity index (χ1) is 12.0. The van der Waals surface area contributed by atoms with Crippen molar-refractivity contribution in [3.05, 3.63) is 68.3 Å². The van der Waals surface area contributed by atoms with Gasteiger partial charge in [0.15, 0.2) is 0 Å². The van der Waals surface area contributed by atoms with Crippen LogP contribution in [0.1, 0.15) is 21.6 Å². The number of hydrogen-bond acceptors (Lipinski definition) is 1. The van der Waals surface area contributed by atoms with E-state index < -0.39 is 5.97 Å². The number of carbonyl (C=O) groups is 1. The van der Waals surface area contributed by atoms with Gasteiger partial charge in [-0.05, 0) is 41.7 Å². The second-order valence-corrected chi connectivity index (χ2v) is 7.14. The minimum Gasteiger partial charge on any atom is -0.477 e. The van der Waals surface area contributed by atoms with E-state index in [0.29, 0.717) is 21.2 Å². The number of H-pyrrole nitrogens is 1. The Balaban J connectivity index is 2.02. The molecule has 3 nitrogen and oxygen atoms in total. The molecule has 0 saturated heterocycles. The first-order valence-electron chi connectivity index (χ1n) is 7.68. The first kappa shape index (κ1) is 16.5. The molecule has 3 aromatic rings. The van der Waals surface area contributed by atoms with E-state index in [9.17, 15) is 9.90 Å². The summed E-state index contributed by atoms with van der Waals surface area (Å²) < 4.78 is 0. The lowest BCUT2D eigenvalue weighted by molar-refractivity contribution is 0.0692. The number of aromatic nitrogens is 1. The van der Waals surface area contributed by atoms with Gasteiger partial charge < -0.3 is 10.1 Å². The summed E-state index contributed by atoms with van der Waals surface area (Å²) in [6.07, 6.45) is 1.59. The van der Waals surface area contributed by atoms with E-state index in [1.165, 1.54) is 5.56 Å². The highest BCUT2D eigenvalue weighted by Gasteiger charge is 2.27. The van der Waals surface area contributed by atoms with Gasteiger partial charge in [-0.25, -0.2) is 4.79 Å². The summed E-state index contributed by atoms with van der Waals surface area (Å²) in [6.45, 7) is 0. The zero-order chi connectivity index (χ0) is 17.7. The fraction of sp³-hybridized carbons (Fsp3) is 0.105. The third-order valence-corrected chi connectivity index (χ3v) is 5.72. The van der Waals surface area contributed by atoms with Crippen molar-refractivity contribution in [1.82, 2.24) is 4.98 Å². The van der Waals surface area contributed by atoms with Gasteiger partial charge in [-0.15, -0.1) is 0 Å². The van der Waals surface area contributed by atoms with Crippen molar-refractivity contribution in [2.24, 2.45) is 0 Å². The van der Waals surface area contributed by atoms with Crippen molar-refractivity contribution in [3.8, 4) is 22.4 Å². The molecule has 0 bridgehead atoms. The highest BCUT2D eigenvalue weighted by atomic mass is 35.5. The lowest BCUT2D eigenvalue weighted by Crippen LogP contribution is -2.03. The van der Waals surface area contributed by atoms with Crippen LogP contribution in [0.15, 0.2) is 36.4 Å². The maximum atomic E-state index is 11.8. The standard InChI is InChI=1S/C19H12Cl3NO2/c20-13-7-10(8-14(21)16(13)22)15-12-6-5-9-3-1-2-4-11(9)17(12)23-18(15)19(24)25/h1-4,7-8,23H,5-6H2,(H,24,25). The molecule has 0 amide bonds. The molecule has 2 aromatic carbocycles. The van der Waals surface area contributed by atoms with Crippen LogP contribution in [0.2, 0.25) is 15.1 Å². The Hall–Kier alpha value is -1.94. The van der Waals surface area contributed by atoms with Crippen LogP contribution in [0.4, 0.5) is 0 Å². The third kappa shape index (κ3) is 2.63. The molecule has 1 aliphatic carbocycles.